The Morgan fingerprint density at radius 1 is 1.04 bits per heavy atom. The van der Waals surface area contributed by atoms with Crippen LogP contribution in [0.5, 0.6) is 5.75 Å². The van der Waals surface area contributed by atoms with E-state index in [-0.39, 0.29) is 5.75 Å². The number of rotatable bonds is 5. The van der Waals surface area contributed by atoms with Gasteiger partial charge in [-0.1, -0.05) is 12.1 Å². The Kier molecular flexibility index (Phi) is 6.23. The molecule has 2 aromatic carbocycles. The summed E-state index contributed by atoms with van der Waals surface area (Å²) < 4.78 is 0. The van der Waals surface area contributed by atoms with Gasteiger partial charge in [-0.15, -0.1) is 0 Å². The third-order valence-corrected chi connectivity index (χ3v) is 3.72. The number of carbonyl (C=O) groups excluding carboxylic acids is 2. The normalized spacial score (nSPS) is 9.79. The average Bonchev–Trinajstić information content (AvgIpc) is 2.58. The molecule has 0 aliphatic heterocycles. The highest BCUT2D eigenvalue weighted by atomic mass is 32.2. The van der Waals surface area contributed by atoms with Crippen molar-refractivity contribution in [3.8, 4) is 11.2 Å². The molecule has 0 saturated carbocycles. The summed E-state index contributed by atoms with van der Waals surface area (Å²) in [4.78, 5) is 24.3. The number of benzene rings is 2. The van der Waals surface area contributed by atoms with Crippen LogP contribution in [-0.2, 0) is 16.0 Å². The summed E-state index contributed by atoms with van der Waals surface area (Å²) in [6, 6.07) is 13.3. The molecule has 0 aromatic heterocycles. The largest absolute Gasteiger partial charge is 0.508 e. The Labute approximate surface area is 143 Å². The van der Waals surface area contributed by atoms with Crippen LogP contribution in [-0.4, -0.2) is 23.5 Å². The van der Waals surface area contributed by atoms with Crippen molar-refractivity contribution >= 4 is 29.3 Å². The van der Waals surface area contributed by atoms with E-state index < -0.39 is 11.8 Å². The first-order chi connectivity index (χ1) is 11.6. The van der Waals surface area contributed by atoms with Gasteiger partial charge in [0.2, 0.25) is 0 Å². The topological polar surface area (TPSA) is 102 Å². The molecule has 0 saturated heterocycles. The smallest absolute Gasteiger partial charge is 0.313 e. The average molecular weight is 341 g/mol. The molecule has 24 heavy (non-hydrogen) atoms. The summed E-state index contributed by atoms with van der Waals surface area (Å²) in [7, 11) is 0. The third-order valence-electron chi connectivity index (χ3n) is 3.12. The van der Waals surface area contributed by atoms with Crippen molar-refractivity contribution in [1.82, 2.24) is 5.32 Å². The Hall–Kier alpha value is -2.98. The van der Waals surface area contributed by atoms with E-state index >= 15 is 0 Å². The van der Waals surface area contributed by atoms with E-state index in [2.05, 4.69) is 10.6 Å². The Morgan fingerprint density at radius 3 is 2.33 bits per heavy atom. The highest BCUT2D eigenvalue weighted by molar-refractivity contribution is 8.03. The zero-order chi connectivity index (χ0) is 17.4. The van der Waals surface area contributed by atoms with Gasteiger partial charge in [0.1, 0.15) is 11.2 Å². The van der Waals surface area contributed by atoms with Crippen LogP contribution < -0.4 is 10.6 Å². The number of aromatic hydroxyl groups is 1. The number of nitrogens with one attached hydrogen (secondary N) is 2. The summed E-state index contributed by atoms with van der Waals surface area (Å²) in [6.07, 6.45) is 0.555. The van der Waals surface area contributed by atoms with Gasteiger partial charge in [-0.2, -0.15) is 5.26 Å². The van der Waals surface area contributed by atoms with E-state index in [4.69, 9.17) is 5.26 Å². The van der Waals surface area contributed by atoms with Crippen LogP contribution >= 0.6 is 11.8 Å². The zero-order valence-electron chi connectivity index (χ0n) is 12.7. The van der Waals surface area contributed by atoms with Gasteiger partial charge in [-0.25, -0.2) is 0 Å². The van der Waals surface area contributed by atoms with Crippen molar-refractivity contribution in [2.45, 2.75) is 11.3 Å². The molecule has 0 aliphatic rings. The minimum absolute atomic E-state index is 0.182. The van der Waals surface area contributed by atoms with E-state index in [0.29, 0.717) is 18.7 Å². The first-order valence-corrected chi connectivity index (χ1v) is 7.93. The fraction of sp³-hybridized carbons (Fsp3) is 0.118. The molecular formula is C17H15N3O3S. The van der Waals surface area contributed by atoms with Crippen LogP contribution in [0.2, 0.25) is 0 Å². The number of carbonyl (C=O) groups is 2. The van der Waals surface area contributed by atoms with E-state index in [1.54, 1.807) is 48.5 Å². The first-order valence-electron chi connectivity index (χ1n) is 7.11. The molecule has 0 aliphatic carbocycles. The van der Waals surface area contributed by atoms with Gasteiger partial charge < -0.3 is 15.7 Å². The molecule has 0 unspecified atom stereocenters. The first kappa shape index (κ1) is 17.4. The van der Waals surface area contributed by atoms with Crippen molar-refractivity contribution in [1.29, 1.82) is 5.26 Å². The Balaban J connectivity index is 1.78. The quantitative estimate of drug-likeness (QED) is 0.440. The molecular weight excluding hydrogens is 326 g/mol. The summed E-state index contributed by atoms with van der Waals surface area (Å²) in [5, 5.41) is 24.7. The predicted molar refractivity (Wildman–Crippen MR) is 91.4 cm³/mol. The molecule has 122 valence electrons. The lowest BCUT2D eigenvalue weighted by molar-refractivity contribution is -0.136. The fourth-order valence-corrected chi connectivity index (χ4v) is 2.29. The summed E-state index contributed by atoms with van der Waals surface area (Å²) in [5.41, 5.74) is 1.43. The molecule has 3 N–H and O–H groups in total. The SMILES string of the molecule is N#CSc1ccc(NC(=O)C(=O)NCCc2ccc(O)cc2)cc1. The van der Waals surface area contributed by atoms with Crippen LogP contribution in [0.1, 0.15) is 5.56 Å². The maximum atomic E-state index is 11.8. The molecule has 0 radical (unpaired) electrons. The maximum absolute atomic E-state index is 11.8. The van der Waals surface area contributed by atoms with Gasteiger partial charge in [0.15, 0.2) is 0 Å². The van der Waals surface area contributed by atoms with Crippen LogP contribution in [0.3, 0.4) is 0 Å². The van der Waals surface area contributed by atoms with Gasteiger partial charge in [-0.3, -0.25) is 9.59 Å². The highest BCUT2D eigenvalue weighted by Crippen LogP contribution is 2.18. The van der Waals surface area contributed by atoms with Crippen LogP contribution in [0.25, 0.3) is 0 Å². The number of amides is 2. The molecule has 0 bridgehead atoms. The number of anilines is 1. The van der Waals surface area contributed by atoms with Crippen molar-refractivity contribution in [3.63, 3.8) is 0 Å². The second-order valence-electron chi connectivity index (χ2n) is 4.84. The molecule has 0 fully saturated rings. The Morgan fingerprint density at radius 2 is 1.71 bits per heavy atom. The van der Waals surface area contributed by atoms with E-state index in [9.17, 15) is 14.7 Å². The second kappa shape index (κ2) is 8.60. The number of thiocyanates is 1. The molecule has 0 heterocycles. The lowest BCUT2D eigenvalue weighted by atomic mass is 10.1. The zero-order valence-corrected chi connectivity index (χ0v) is 13.5. The predicted octanol–water partition coefficient (Wildman–Crippen LogP) is 2.26. The molecule has 0 spiro atoms. The summed E-state index contributed by atoms with van der Waals surface area (Å²) in [6.45, 7) is 0.314. The molecule has 7 heteroatoms. The van der Waals surface area contributed by atoms with E-state index in [1.807, 2.05) is 5.40 Å². The van der Waals surface area contributed by atoms with E-state index in [1.165, 1.54) is 0 Å². The van der Waals surface area contributed by atoms with Crippen LogP contribution in [0, 0.1) is 10.7 Å². The maximum Gasteiger partial charge on any atom is 0.313 e. The lowest BCUT2D eigenvalue weighted by Crippen LogP contribution is -2.36. The van der Waals surface area contributed by atoms with Crippen LogP contribution in [0.15, 0.2) is 53.4 Å². The molecule has 0 atom stereocenters. The third kappa shape index (κ3) is 5.34. The summed E-state index contributed by atoms with van der Waals surface area (Å²) in [5.74, 6) is -1.29. The van der Waals surface area contributed by atoms with Gasteiger partial charge in [0.05, 0.1) is 0 Å². The molecule has 2 aromatic rings. The highest BCUT2D eigenvalue weighted by Gasteiger charge is 2.13. The number of hydrogen-bond donors (Lipinski definition) is 3. The number of thioether (sulfide) groups is 1. The number of phenols is 1. The molecule has 2 amide bonds. The monoisotopic (exact) mass is 341 g/mol. The number of hydrogen-bond acceptors (Lipinski definition) is 5. The van der Waals surface area contributed by atoms with Crippen molar-refractivity contribution in [3.05, 3.63) is 54.1 Å². The van der Waals surface area contributed by atoms with Gasteiger partial charge in [0.25, 0.3) is 0 Å². The summed E-state index contributed by atoms with van der Waals surface area (Å²) >= 11 is 1.02. The lowest BCUT2D eigenvalue weighted by Gasteiger charge is -2.07. The van der Waals surface area contributed by atoms with Crippen molar-refractivity contribution in [2.75, 3.05) is 11.9 Å². The van der Waals surface area contributed by atoms with E-state index in [0.717, 1.165) is 22.2 Å². The second-order valence-corrected chi connectivity index (χ2v) is 5.70. The van der Waals surface area contributed by atoms with Gasteiger partial charge >= 0.3 is 11.8 Å². The number of phenolic OH excluding ortho intramolecular Hbond substituents is 1. The van der Waals surface area contributed by atoms with Crippen LogP contribution in [0.4, 0.5) is 5.69 Å². The Bertz CT molecular complexity index is 752. The minimum Gasteiger partial charge on any atom is -0.508 e. The number of nitrogens with zero attached hydrogens (tertiary/aromatic N) is 1. The fourth-order valence-electron chi connectivity index (χ4n) is 1.91. The minimum atomic E-state index is -0.749. The van der Waals surface area contributed by atoms with Gasteiger partial charge in [-0.05, 0) is 60.1 Å². The van der Waals surface area contributed by atoms with Crippen molar-refractivity contribution < 1.29 is 14.7 Å². The molecule has 6 nitrogen and oxygen atoms in total. The van der Waals surface area contributed by atoms with Gasteiger partial charge in [0, 0.05) is 17.1 Å². The molecule has 2 rings (SSSR count). The van der Waals surface area contributed by atoms with Crippen molar-refractivity contribution in [2.24, 2.45) is 0 Å². The standard InChI is InChI=1S/C17H15N3O3S/c18-11-24-15-7-3-13(4-8-15)20-17(23)16(22)19-10-9-12-1-5-14(21)6-2-12/h1-8,21H,9-10H2,(H,19,22)(H,20,23). The number of nitriles is 1.